The van der Waals surface area contributed by atoms with Crippen LogP contribution in [0, 0.1) is 0 Å². The molecule has 0 unspecified atom stereocenters. The van der Waals surface area contributed by atoms with Gasteiger partial charge in [0.2, 0.25) is 0 Å². The summed E-state index contributed by atoms with van der Waals surface area (Å²) in [6.07, 6.45) is 0. The average molecular weight is 240 g/mol. The minimum absolute atomic E-state index is 1.50. The molecule has 0 aromatic rings. The van der Waals surface area contributed by atoms with Gasteiger partial charge in [-0.3, -0.25) is 0 Å². The van der Waals surface area contributed by atoms with Crippen molar-refractivity contribution in [3.05, 3.63) is 0 Å². The Morgan fingerprint density at radius 3 is 0.500 bits per heavy atom. The van der Waals surface area contributed by atoms with Crippen molar-refractivity contribution in [3.63, 3.8) is 0 Å². The summed E-state index contributed by atoms with van der Waals surface area (Å²) < 4.78 is 62.7. The van der Waals surface area contributed by atoms with Crippen LogP contribution >= 0.6 is 0 Å². The number of hydrogen-bond acceptors (Lipinski definition) is 4. The summed E-state index contributed by atoms with van der Waals surface area (Å²) in [7, 11) is 0. The van der Waals surface area contributed by atoms with Gasteiger partial charge in [-0.15, -0.1) is 0 Å². The molecule has 0 aliphatic heterocycles. The molecule has 0 saturated heterocycles. The van der Waals surface area contributed by atoms with E-state index in [4.69, 9.17) is 31.8 Å². The molecular formula is H4Al4O8. The molecule has 0 radical (unpaired) electrons. The van der Waals surface area contributed by atoms with Crippen LogP contribution in [0.15, 0.2) is 0 Å². The van der Waals surface area contributed by atoms with Crippen molar-refractivity contribution in [2.24, 2.45) is 0 Å². The second-order valence-electron chi connectivity index (χ2n) is 0.422. The molecule has 0 aromatic heterocycles. The minimum atomic E-state index is -1.50. The van der Waals surface area contributed by atoms with Gasteiger partial charge < -0.3 is 0 Å². The van der Waals surface area contributed by atoms with Crippen molar-refractivity contribution in [2.75, 3.05) is 0 Å². The first-order valence-electron chi connectivity index (χ1n) is 1.98. The molecule has 0 heterocycles. The molecule has 0 saturated carbocycles. The maximum absolute atomic E-state index is 8.57. The van der Waals surface area contributed by atoms with Crippen molar-refractivity contribution in [2.45, 2.75) is 0 Å². The quantitative estimate of drug-likeness (QED) is 0.311. The summed E-state index contributed by atoms with van der Waals surface area (Å²) in [5, 5.41) is 0. The summed E-state index contributed by atoms with van der Waals surface area (Å²) in [5.41, 5.74) is 0. The van der Waals surface area contributed by atoms with Gasteiger partial charge in [-0.25, -0.2) is 0 Å². The fraction of sp³-hybridized carbons (Fsp3) is 0. The zero-order chi connectivity index (χ0) is 10.8. The van der Waals surface area contributed by atoms with Crippen LogP contribution in [0.5, 0.6) is 0 Å². The van der Waals surface area contributed by atoms with Crippen LogP contribution in [-0.2, 0) is 15.2 Å². The van der Waals surface area contributed by atoms with E-state index in [1.165, 1.54) is 0 Å². The fourth-order valence-electron chi connectivity index (χ4n) is 0. The second kappa shape index (κ2) is 62.3. The van der Waals surface area contributed by atoms with E-state index in [0.29, 0.717) is 0 Å². The Hall–Kier alpha value is 0.530. The van der Waals surface area contributed by atoms with Gasteiger partial charge in [0.25, 0.3) is 0 Å². The first-order chi connectivity index (χ1) is 5.66. The Morgan fingerprint density at radius 2 is 0.500 bits per heavy atom. The van der Waals surface area contributed by atoms with Crippen LogP contribution < -0.4 is 0 Å². The van der Waals surface area contributed by atoms with Gasteiger partial charge in [0.15, 0.2) is 0 Å². The Balaban J connectivity index is -0.0000000356. The van der Waals surface area contributed by atoms with Crippen LogP contribution in [0.3, 0.4) is 0 Å². The van der Waals surface area contributed by atoms with Crippen molar-refractivity contribution in [1.82, 2.24) is 0 Å². The van der Waals surface area contributed by atoms with E-state index in [1.54, 1.807) is 0 Å². The van der Waals surface area contributed by atoms with Crippen LogP contribution in [0.25, 0.3) is 0 Å². The van der Waals surface area contributed by atoms with E-state index in [2.05, 4.69) is 0 Å². The summed E-state index contributed by atoms with van der Waals surface area (Å²) >= 11 is -6.00. The maximum atomic E-state index is 8.57. The van der Waals surface area contributed by atoms with Crippen molar-refractivity contribution < 1.29 is 31.8 Å². The molecule has 0 bridgehead atoms. The third-order valence-electron chi connectivity index (χ3n) is 0. The molecule has 12 heavy (non-hydrogen) atoms. The Bertz CT molecular complexity index is 65.1. The molecule has 0 rings (SSSR count). The van der Waals surface area contributed by atoms with Crippen molar-refractivity contribution in [1.29, 1.82) is 0 Å². The van der Waals surface area contributed by atoms with Crippen molar-refractivity contribution in [3.8, 4) is 0 Å². The molecule has 0 aliphatic carbocycles. The molecule has 12 heteroatoms. The zero-order valence-corrected chi connectivity index (χ0v) is 10.4. The number of hydrogen-bond donors (Lipinski definition) is 4. The van der Waals surface area contributed by atoms with Crippen molar-refractivity contribution >= 4 is 61.9 Å². The SMILES string of the molecule is [O]=[Al][OH].[O]=[Al][OH].[O]=[Al][OH].[O]=[Al][OH]. The molecule has 0 fully saturated rings. The molecule has 0 atom stereocenters. The Kier molecular flexibility index (Phi) is 119. The summed E-state index contributed by atoms with van der Waals surface area (Å²) in [6.45, 7) is 0. The zero-order valence-electron chi connectivity index (χ0n) is 5.73. The van der Waals surface area contributed by atoms with Gasteiger partial charge in [0.05, 0.1) is 0 Å². The molecule has 4 N–H and O–H groups in total. The molecule has 0 aromatic carbocycles. The van der Waals surface area contributed by atoms with E-state index in [0.717, 1.165) is 0 Å². The predicted molar refractivity (Wildman–Crippen MR) is 34.6 cm³/mol. The van der Waals surface area contributed by atoms with Gasteiger partial charge in [0, 0.05) is 0 Å². The number of rotatable bonds is 0. The average Bonchev–Trinajstić information content (AvgIpc) is 1.92. The summed E-state index contributed by atoms with van der Waals surface area (Å²) in [4.78, 5) is 0. The third kappa shape index (κ3) is 3410. The fourth-order valence-corrected chi connectivity index (χ4v) is 0. The normalized spacial score (nSPS) is 2.67. The topological polar surface area (TPSA) is 149 Å². The first kappa shape index (κ1) is 22.9. The van der Waals surface area contributed by atoms with E-state index in [9.17, 15) is 0 Å². The summed E-state index contributed by atoms with van der Waals surface area (Å²) in [5.74, 6) is 0. The van der Waals surface area contributed by atoms with Crippen LogP contribution in [0.4, 0.5) is 0 Å². The molecule has 0 amide bonds. The van der Waals surface area contributed by atoms with Gasteiger partial charge in [-0.2, -0.15) is 0 Å². The molecule has 64 valence electrons. The van der Waals surface area contributed by atoms with Gasteiger partial charge in [-0.05, 0) is 0 Å². The monoisotopic (exact) mass is 240 g/mol. The van der Waals surface area contributed by atoms with E-state index in [1.807, 2.05) is 0 Å². The standard InChI is InChI=1S/4Al.4H2O.4O/h;;;;4*1H2;;;;/q4*+1;;;;;;;;/p-4. The molecule has 8 nitrogen and oxygen atoms in total. The first-order valence-corrected chi connectivity index (χ1v) is 5.93. The van der Waals surface area contributed by atoms with E-state index < -0.39 is 61.9 Å². The predicted octanol–water partition coefficient (Wildman–Crippen LogP) is -4.23. The van der Waals surface area contributed by atoms with E-state index in [-0.39, 0.29) is 0 Å². The van der Waals surface area contributed by atoms with Gasteiger partial charge in [-0.1, -0.05) is 0 Å². The van der Waals surface area contributed by atoms with E-state index >= 15 is 0 Å². The molecule has 0 spiro atoms. The van der Waals surface area contributed by atoms with Gasteiger partial charge >= 0.3 is 93.8 Å². The van der Waals surface area contributed by atoms with Crippen LogP contribution in [0.2, 0.25) is 0 Å². The van der Waals surface area contributed by atoms with Crippen LogP contribution in [0.1, 0.15) is 0 Å². The Labute approximate surface area is 93.3 Å². The molecular weight excluding hydrogens is 236 g/mol. The third-order valence-corrected chi connectivity index (χ3v) is 0. The summed E-state index contributed by atoms with van der Waals surface area (Å²) in [6, 6.07) is 0. The van der Waals surface area contributed by atoms with Gasteiger partial charge in [0.1, 0.15) is 0 Å². The molecule has 0 aliphatic rings. The Morgan fingerprint density at radius 1 is 0.500 bits per heavy atom. The second-order valence-corrected chi connectivity index (χ2v) is 1.26. The van der Waals surface area contributed by atoms with Crippen LogP contribution in [-0.4, -0.2) is 78.6 Å².